The molecule has 0 aliphatic heterocycles. The normalized spacial score (nSPS) is 9.44. The van der Waals surface area contributed by atoms with Gasteiger partial charge in [-0.05, 0) is 12.1 Å². The summed E-state index contributed by atoms with van der Waals surface area (Å²) in [6.45, 7) is 0.984. The average Bonchev–Trinajstić information content (AvgIpc) is 2.38. The first-order valence-corrected chi connectivity index (χ1v) is 5.00. The summed E-state index contributed by atoms with van der Waals surface area (Å²) in [6, 6.07) is 7.95. The lowest BCUT2D eigenvalue weighted by molar-refractivity contribution is -0.144. The smallest absolute Gasteiger partial charge is 0.291 e. The molecular weight excluding hydrogens is 238 g/mol. The van der Waals surface area contributed by atoms with Gasteiger partial charge < -0.3 is 0 Å². The second-order valence-electron chi connectivity index (χ2n) is 3.41. The number of para-hydroxylation sites is 1. The van der Waals surface area contributed by atoms with Gasteiger partial charge >= 0.3 is 5.91 Å². The lowest BCUT2D eigenvalue weighted by Gasteiger charge is -2.25. The molecule has 0 spiro atoms. The van der Waals surface area contributed by atoms with Crippen molar-refractivity contribution in [3.05, 3.63) is 35.2 Å². The number of Topliss-reactive ketones (excluding diaryl/α,β-unsaturated/α-hetero) is 2. The molecule has 0 aliphatic rings. The summed E-state index contributed by atoms with van der Waals surface area (Å²) in [4.78, 5) is 44.6. The molecule has 0 unspecified atom stereocenters. The van der Waals surface area contributed by atoms with E-state index >= 15 is 0 Å². The molecule has 0 heterocycles. The Morgan fingerprint density at radius 3 is 2.11 bits per heavy atom. The van der Waals surface area contributed by atoms with E-state index in [1.54, 1.807) is 18.2 Å². The third-order valence-electron chi connectivity index (χ3n) is 2.11. The van der Waals surface area contributed by atoms with Crippen molar-refractivity contribution in [1.82, 2.24) is 5.12 Å². The second kappa shape index (κ2) is 5.67. The van der Waals surface area contributed by atoms with E-state index in [0.717, 1.165) is 11.9 Å². The molecular formula is C11H11N3O4. The molecule has 0 aliphatic carbocycles. The van der Waals surface area contributed by atoms with Crippen LogP contribution < -0.4 is 5.01 Å². The highest BCUT2D eigenvalue weighted by atomic mass is 16.3. The third-order valence-corrected chi connectivity index (χ3v) is 2.11. The number of carbonyl (C=O) groups is 3. The molecule has 0 aromatic heterocycles. The standard InChI is InChI=1S/C11H11N3O4/c1-8(15)10(16)11(17)14(13(2)12-18)9-6-4-3-5-7-9/h3-7H,1-2H3. The topological polar surface area (TPSA) is 87.1 Å². The molecule has 0 bridgehead atoms. The fourth-order valence-corrected chi connectivity index (χ4v) is 1.27. The maximum absolute atomic E-state index is 11.8. The van der Waals surface area contributed by atoms with Crippen molar-refractivity contribution < 1.29 is 14.4 Å². The number of nitroso groups, excluding NO2 is 1. The van der Waals surface area contributed by atoms with Gasteiger partial charge in [0.15, 0.2) is 0 Å². The number of benzene rings is 1. The Balaban J connectivity index is 3.15. The van der Waals surface area contributed by atoms with E-state index in [1.807, 2.05) is 0 Å². The molecule has 0 radical (unpaired) electrons. The van der Waals surface area contributed by atoms with Crippen LogP contribution in [0.3, 0.4) is 0 Å². The highest BCUT2D eigenvalue weighted by molar-refractivity contribution is 6.65. The monoisotopic (exact) mass is 249 g/mol. The van der Waals surface area contributed by atoms with E-state index in [9.17, 15) is 19.3 Å². The lowest BCUT2D eigenvalue weighted by atomic mass is 10.2. The van der Waals surface area contributed by atoms with Crippen molar-refractivity contribution in [3.8, 4) is 0 Å². The van der Waals surface area contributed by atoms with E-state index in [1.165, 1.54) is 19.2 Å². The van der Waals surface area contributed by atoms with Crippen LogP contribution in [0.15, 0.2) is 35.6 Å². The Morgan fingerprint density at radius 1 is 1.11 bits per heavy atom. The maximum atomic E-state index is 11.8. The Hall–Kier alpha value is -2.57. The quantitative estimate of drug-likeness (QED) is 0.332. The number of hydrogen-bond acceptors (Lipinski definition) is 5. The van der Waals surface area contributed by atoms with E-state index in [0.29, 0.717) is 5.12 Å². The van der Waals surface area contributed by atoms with Gasteiger partial charge in [-0.15, -0.1) is 4.91 Å². The van der Waals surface area contributed by atoms with E-state index in [-0.39, 0.29) is 5.69 Å². The number of ketones is 2. The molecule has 18 heavy (non-hydrogen) atoms. The summed E-state index contributed by atoms with van der Waals surface area (Å²) in [5, 5.41) is 3.94. The fraction of sp³-hybridized carbons (Fsp3) is 0.182. The van der Waals surface area contributed by atoms with Crippen LogP contribution in [0, 0.1) is 4.91 Å². The third kappa shape index (κ3) is 2.76. The van der Waals surface area contributed by atoms with Gasteiger partial charge in [0.2, 0.25) is 5.78 Å². The van der Waals surface area contributed by atoms with Crippen molar-refractivity contribution in [3.63, 3.8) is 0 Å². The predicted octanol–water partition coefficient (Wildman–Crippen LogP) is 0.706. The van der Waals surface area contributed by atoms with Gasteiger partial charge in [-0.25, -0.2) is 0 Å². The van der Waals surface area contributed by atoms with Gasteiger partial charge in [0, 0.05) is 6.92 Å². The number of hydrazine groups is 1. The molecule has 7 nitrogen and oxygen atoms in total. The minimum atomic E-state index is -1.21. The molecule has 1 amide bonds. The van der Waals surface area contributed by atoms with Crippen molar-refractivity contribution >= 4 is 23.2 Å². The van der Waals surface area contributed by atoms with Crippen molar-refractivity contribution in [1.29, 1.82) is 0 Å². The van der Waals surface area contributed by atoms with Crippen LogP contribution in [0.2, 0.25) is 0 Å². The molecule has 7 heteroatoms. The Labute approximate surface area is 103 Å². The largest absolute Gasteiger partial charge is 0.322 e. The van der Waals surface area contributed by atoms with Gasteiger partial charge in [-0.2, -0.15) is 10.1 Å². The minimum Gasteiger partial charge on any atom is -0.291 e. The number of anilines is 1. The highest BCUT2D eigenvalue weighted by Crippen LogP contribution is 2.15. The molecule has 1 aromatic carbocycles. The molecule has 0 saturated heterocycles. The Bertz CT molecular complexity index is 486. The van der Waals surface area contributed by atoms with Crippen LogP contribution in [-0.2, 0) is 14.4 Å². The summed E-state index contributed by atoms with van der Waals surface area (Å²) < 4.78 is 0. The van der Waals surface area contributed by atoms with Gasteiger partial charge in [0.05, 0.1) is 18.0 Å². The molecule has 1 rings (SSSR count). The summed E-state index contributed by atoms with van der Waals surface area (Å²) >= 11 is 0. The molecule has 94 valence electrons. The summed E-state index contributed by atoms with van der Waals surface area (Å²) in [5.74, 6) is -3.25. The zero-order valence-corrected chi connectivity index (χ0v) is 9.86. The van der Waals surface area contributed by atoms with Crippen molar-refractivity contribution in [2.45, 2.75) is 6.92 Å². The molecule has 0 N–H and O–H groups in total. The number of amides is 1. The summed E-state index contributed by atoms with van der Waals surface area (Å²) in [7, 11) is 1.20. The number of nitrogens with zero attached hydrogens (tertiary/aromatic N) is 3. The Kier molecular flexibility index (Phi) is 4.25. The highest BCUT2D eigenvalue weighted by Gasteiger charge is 2.29. The van der Waals surface area contributed by atoms with Crippen LogP contribution in [0.4, 0.5) is 5.69 Å². The second-order valence-corrected chi connectivity index (χ2v) is 3.41. The lowest BCUT2D eigenvalue weighted by Crippen LogP contribution is -2.46. The minimum absolute atomic E-state index is 0.263. The van der Waals surface area contributed by atoms with Crippen molar-refractivity contribution in [2.75, 3.05) is 12.1 Å². The summed E-state index contributed by atoms with van der Waals surface area (Å²) in [6.07, 6.45) is 0. The van der Waals surface area contributed by atoms with Gasteiger partial charge in [-0.3, -0.25) is 14.4 Å². The van der Waals surface area contributed by atoms with E-state index in [2.05, 4.69) is 5.29 Å². The van der Waals surface area contributed by atoms with Crippen LogP contribution in [-0.4, -0.2) is 29.6 Å². The summed E-state index contributed by atoms with van der Waals surface area (Å²) in [5.41, 5.74) is 0.263. The van der Waals surface area contributed by atoms with E-state index < -0.39 is 17.5 Å². The number of carbonyl (C=O) groups excluding carboxylic acids is 3. The van der Waals surface area contributed by atoms with Gasteiger partial charge in [0.25, 0.3) is 5.78 Å². The number of rotatable bonds is 5. The van der Waals surface area contributed by atoms with Gasteiger partial charge in [-0.1, -0.05) is 18.2 Å². The van der Waals surface area contributed by atoms with Crippen LogP contribution >= 0.6 is 0 Å². The van der Waals surface area contributed by atoms with Gasteiger partial charge in [0.1, 0.15) is 0 Å². The first kappa shape index (κ1) is 13.5. The van der Waals surface area contributed by atoms with Crippen molar-refractivity contribution in [2.24, 2.45) is 5.29 Å². The SMILES string of the molecule is CC(=O)C(=O)C(=O)N(c1ccccc1)N(C)N=O. The first-order chi connectivity index (χ1) is 8.49. The Morgan fingerprint density at radius 2 is 1.67 bits per heavy atom. The zero-order chi connectivity index (χ0) is 13.7. The molecule has 0 saturated carbocycles. The van der Waals surface area contributed by atoms with Crippen LogP contribution in [0.5, 0.6) is 0 Å². The van der Waals surface area contributed by atoms with E-state index in [4.69, 9.17) is 0 Å². The molecule has 0 atom stereocenters. The maximum Gasteiger partial charge on any atom is 0.322 e. The number of hydrogen-bond donors (Lipinski definition) is 0. The average molecular weight is 249 g/mol. The fourth-order valence-electron chi connectivity index (χ4n) is 1.27. The van der Waals surface area contributed by atoms with Crippen LogP contribution in [0.25, 0.3) is 0 Å². The zero-order valence-electron chi connectivity index (χ0n) is 9.86. The predicted molar refractivity (Wildman–Crippen MR) is 63.2 cm³/mol. The van der Waals surface area contributed by atoms with Crippen LogP contribution in [0.1, 0.15) is 6.92 Å². The first-order valence-electron chi connectivity index (χ1n) is 5.00. The molecule has 1 aromatic rings. The molecule has 0 fully saturated rings.